The van der Waals surface area contributed by atoms with Gasteiger partial charge in [0.2, 0.25) is 0 Å². The van der Waals surface area contributed by atoms with Crippen LogP contribution in [0.4, 0.5) is 5.69 Å². The third-order valence-corrected chi connectivity index (χ3v) is 3.87. The zero-order chi connectivity index (χ0) is 12.1. The molecule has 0 aliphatic rings. The fourth-order valence-corrected chi connectivity index (χ4v) is 2.53. The normalized spacial score (nSPS) is 14.4. The van der Waals surface area contributed by atoms with E-state index in [9.17, 15) is 4.21 Å². The van der Waals surface area contributed by atoms with Gasteiger partial charge in [-0.25, -0.2) is 0 Å². The van der Waals surface area contributed by atoms with E-state index in [0.717, 1.165) is 0 Å². The van der Waals surface area contributed by atoms with Gasteiger partial charge in [0, 0.05) is 12.8 Å². The van der Waals surface area contributed by atoms with E-state index in [1.54, 1.807) is 32.4 Å². The first-order chi connectivity index (χ1) is 7.58. The Balaban J connectivity index is 2.89. The van der Waals surface area contributed by atoms with Crippen LogP contribution in [0.3, 0.4) is 0 Å². The highest BCUT2D eigenvalue weighted by atomic mass is 32.2. The van der Waals surface area contributed by atoms with Crippen molar-refractivity contribution in [1.29, 1.82) is 0 Å². The molecule has 0 amide bonds. The van der Waals surface area contributed by atoms with E-state index in [4.69, 9.17) is 15.2 Å². The summed E-state index contributed by atoms with van der Waals surface area (Å²) in [6.45, 7) is 1.87. The maximum absolute atomic E-state index is 12.0. The number of anilines is 1. The van der Waals surface area contributed by atoms with Crippen LogP contribution in [-0.2, 0) is 15.5 Å². The number of rotatable bonds is 5. The largest absolute Gasteiger partial charge is 0.497 e. The summed E-state index contributed by atoms with van der Waals surface area (Å²) >= 11 is 0. The van der Waals surface area contributed by atoms with Gasteiger partial charge in [-0.2, -0.15) is 0 Å². The summed E-state index contributed by atoms with van der Waals surface area (Å²) in [6.07, 6.45) is -0.0635. The van der Waals surface area contributed by atoms with E-state index >= 15 is 0 Å². The van der Waals surface area contributed by atoms with Crippen molar-refractivity contribution in [3.63, 3.8) is 0 Å². The van der Waals surface area contributed by atoms with Gasteiger partial charge >= 0.3 is 0 Å². The number of hydrogen-bond acceptors (Lipinski definition) is 4. The van der Waals surface area contributed by atoms with E-state index in [0.29, 0.717) is 22.1 Å². The highest BCUT2D eigenvalue weighted by molar-refractivity contribution is 7.85. The number of nitrogens with two attached hydrogens (primary N) is 1. The minimum Gasteiger partial charge on any atom is -0.497 e. The number of ether oxygens (including phenoxy) is 2. The molecule has 0 fully saturated rings. The molecule has 0 aromatic heterocycles. The minimum atomic E-state index is -1.17. The Labute approximate surface area is 98.2 Å². The Bertz CT molecular complexity index is 381. The minimum absolute atomic E-state index is 0.0635. The third kappa shape index (κ3) is 3.21. The van der Waals surface area contributed by atoms with Crippen molar-refractivity contribution in [2.24, 2.45) is 0 Å². The van der Waals surface area contributed by atoms with Crippen molar-refractivity contribution in [2.75, 3.05) is 25.7 Å². The van der Waals surface area contributed by atoms with Gasteiger partial charge in [-0.3, -0.25) is 4.21 Å². The molecule has 0 spiro atoms. The fraction of sp³-hybridized carbons (Fsp3) is 0.455. The summed E-state index contributed by atoms with van der Waals surface area (Å²) < 4.78 is 22.1. The predicted molar refractivity (Wildman–Crippen MR) is 65.2 cm³/mol. The lowest BCUT2D eigenvalue weighted by molar-refractivity contribution is 0.137. The van der Waals surface area contributed by atoms with Gasteiger partial charge < -0.3 is 15.2 Å². The zero-order valence-corrected chi connectivity index (χ0v) is 10.5. The summed E-state index contributed by atoms with van der Waals surface area (Å²) in [5.41, 5.74) is 6.29. The predicted octanol–water partition coefficient (Wildman–Crippen LogP) is 1.42. The molecule has 0 bridgehead atoms. The molecule has 1 rings (SSSR count). The maximum atomic E-state index is 12.0. The van der Waals surface area contributed by atoms with Crippen LogP contribution in [0.25, 0.3) is 0 Å². The van der Waals surface area contributed by atoms with E-state index in [2.05, 4.69) is 0 Å². The van der Waals surface area contributed by atoms with Gasteiger partial charge in [0.15, 0.2) is 0 Å². The van der Waals surface area contributed by atoms with Crippen molar-refractivity contribution < 1.29 is 13.7 Å². The quantitative estimate of drug-likeness (QED) is 0.794. The molecule has 0 saturated carbocycles. The summed E-state index contributed by atoms with van der Waals surface area (Å²) in [5.74, 6) is 1.08. The molecule has 2 unspecified atom stereocenters. The maximum Gasteiger partial charge on any atom is 0.120 e. The zero-order valence-electron chi connectivity index (χ0n) is 9.73. The molecule has 16 heavy (non-hydrogen) atoms. The second kappa shape index (κ2) is 5.86. The van der Waals surface area contributed by atoms with E-state index in [1.165, 1.54) is 0 Å². The van der Waals surface area contributed by atoms with Gasteiger partial charge in [0.25, 0.3) is 0 Å². The Morgan fingerprint density at radius 1 is 1.44 bits per heavy atom. The highest BCUT2D eigenvalue weighted by Crippen LogP contribution is 2.23. The van der Waals surface area contributed by atoms with Crippen LogP contribution >= 0.6 is 0 Å². The molecular formula is C11H17NO3S. The van der Waals surface area contributed by atoms with Crippen molar-refractivity contribution in [3.8, 4) is 5.75 Å². The lowest BCUT2D eigenvalue weighted by Crippen LogP contribution is -2.16. The first-order valence-corrected chi connectivity index (χ1v) is 6.25. The summed E-state index contributed by atoms with van der Waals surface area (Å²) in [5, 5.41) is 0. The average molecular weight is 243 g/mol. The highest BCUT2D eigenvalue weighted by Gasteiger charge is 2.12. The van der Waals surface area contributed by atoms with Gasteiger partial charge in [-0.15, -0.1) is 0 Å². The smallest absolute Gasteiger partial charge is 0.120 e. The van der Waals surface area contributed by atoms with Crippen LogP contribution in [0.5, 0.6) is 5.75 Å². The summed E-state index contributed by atoms with van der Waals surface area (Å²) in [6, 6.07) is 5.15. The van der Waals surface area contributed by atoms with E-state index in [-0.39, 0.29) is 6.10 Å². The van der Waals surface area contributed by atoms with Crippen LogP contribution in [0, 0.1) is 0 Å². The average Bonchev–Trinajstić information content (AvgIpc) is 2.29. The summed E-state index contributed by atoms with van der Waals surface area (Å²) in [4.78, 5) is 0.600. The van der Waals surface area contributed by atoms with Crippen molar-refractivity contribution in [3.05, 3.63) is 18.2 Å². The molecule has 4 nitrogen and oxygen atoms in total. The number of hydrogen-bond donors (Lipinski definition) is 1. The van der Waals surface area contributed by atoms with Crippen LogP contribution in [0.15, 0.2) is 23.1 Å². The Hall–Kier alpha value is -1.07. The first kappa shape index (κ1) is 13.0. The number of nitrogen functional groups attached to an aromatic ring is 1. The molecule has 0 heterocycles. The second-order valence-corrected chi connectivity index (χ2v) is 4.93. The monoisotopic (exact) mass is 243 g/mol. The van der Waals surface area contributed by atoms with Crippen LogP contribution < -0.4 is 10.5 Å². The van der Waals surface area contributed by atoms with Crippen molar-refractivity contribution in [2.45, 2.75) is 17.9 Å². The Morgan fingerprint density at radius 2 is 2.12 bits per heavy atom. The van der Waals surface area contributed by atoms with Gasteiger partial charge in [0.05, 0.1) is 34.7 Å². The topological polar surface area (TPSA) is 61.5 Å². The molecule has 0 radical (unpaired) electrons. The molecular weight excluding hydrogens is 226 g/mol. The summed E-state index contributed by atoms with van der Waals surface area (Å²) in [7, 11) is 1.99. The molecule has 90 valence electrons. The molecule has 0 aliphatic carbocycles. The molecule has 0 aliphatic heterocycles. The van der Waals surface area contributed by atoms with E-state index in [1.807, 2.05) is 6.92 Å². The van der Waals surface area contributed by atoms with Crippen molar-refractivity contribution >= 4 is 16.5 Å². The number of benzene rings is 1. The molecule has 1 aromatic rings. The molecule has 2 N–H and O–H groups in total. The van der Waals surface area contributed by atoms with Crippen LogP contribution in [-0.4, -0.2) is 30.3 Å². The lowest BCUT2D eigenvalue weighted by Gasteiger charge is -2.11. The molecule has 1 aromatic carbocycles. The molecule has 0 saturated heterocycles. The number of methoxy groups -OCH3 is 2. The second-order valence-electron chi connectivity index (χ2n) is 3.46. The van der Waals surface area contributed by atoms with Crippen LogP contribution in [0.1, 0.15) is 6.92 Å². The van der Waals surface area contributed by atoms with Crippen molar-refractivity contribution in [1.82, 2.24) is 0 Å². The molecule has 5 heteroatoms. The Kier molecular flexibility index (Phi) is 4.76. The lowest BCUT2D eigenvalue weighted by atomic mass is 10.3. The van der Waals surface area contributed by atoms with E-state index < -0.39 is 10.8 Å². The van der Waals surface area contributed by atoms with Crippen LogP contribution in [0.2, 0.25) is 0 Å². The first-order valence-electron chi connectivity index (χ1n) is 4.93. The standard InChI is InChI=1S/C11H17NO3S/c1-8(14-2)7-16(13)11-6-9(15-3)4-5-10(11)12/h4-6,8H,7,12H2,1-3H3. The van der Waals surface area contributed by atoms with Gasteiger partial charge in [-0.1, -0.05) is 0 Å². The van der Waals surface area contributed by atoms with Gasteiger partial charge in [-0.05, 0) is 25.1 Å². The fourth-order valence-electron chi connectivity index (χ4n) is 1.21. The van der Waals surface area contributed by atoms with Gasteiger partial charge in [0.1, 0.15) is 5.75 Å². The Morgan fingerprint density at radius 3 is 2.69 bits per heavy atom. The molecule has 2 atom stereocenters. The SMILES string of the molecule is COc1ccc(N)c(S(=O)CC(C)OC)c1. The third-order valence-electron chi connectivity index (χ3n) is 2.25.